The number of carbonyl (C=O) groups excluding carboxylic acids is 2. The van der Waals surface area contributed by atoms with Crippen molar-refractivity contribution in [2.45, 2.75) is 0 Å². The fourth-order valence-corrected chi connectivity index (χ4v) is 2.68. The highest BCUT2D eigenvalue weighted by Gasteiger charge is 2.13. The maximum absolute atomic E-state index is 12.6. The molecule has 0 atom stereocenters. The van der Waals surface area contributed by atoms with Crippen LogP contribution in [0, 0.1) is 0 Å². The molecule has 0 unspecified atom stereocenters. The van der Waals surface area contributed by atoms with E-state index in [9.17, 15) is 9.59 Å². The number of benzene rings is 2. The first kappa shape index (κ1) is 16.9. The summed E-state index contributed by atoms with van der Waals surface area (Å²) in [5, 5.41) is 7.05. The molecule has 0 aliphatic heterocycles. The quantitative estimate of drug-likeness (QED) is 0.679. The predicted octanol–water partition coefficient (Wildman–Crippen LogP) is 3.67. The number of amides is 1. The SMILES string of the molecule is COC(=O)c1cccc(C(=O)Nc2cc(Br)ccc2-n2cccn2)c1. The number of nitrogens with one attached hydrogen (secondary N) is 1. The third-order valence-corrected chi connectivity index (χ3v) is 4.00. The Morgan fingerprint density at radius 3 is 2.64 bits per heavy atom. The van der Waals surface area contributed by atoms with Crippen LogP contribution < -0.4 is 5.32 Å². The normalized spacial score (nSPS) is 10.3. The van der Waals surface area contributed by atoms with Gasteiger partial charge < -0.3 is 10.1 Å². The smallest absolute Gasteiger partial charge is 0.337 e. The van der Waals surface area contributed by atoms with Gasteiger partial charge in [0.25, 0.3) is 5.91 Å². The molecule has 3 aromatic rings. The van der Waals surface area contributed by atoms with Gasteiger partial charge in [-0.25, -0.2) is 9.48 Å². The Balaban J connectivity index is 1.91. The number of aromatic nitrogens is 2. The van der Waals surface area contributed by atoms with E-state index in [1.165, 1.54) is 13.2 Å². The van der Waals surface area contributed by atoms with Gasteiger partial charge in [-0.1, -0.05) is 22.0 Å². The molecule has 0 saturated carbocycles. The van der Waals surface area contributed by atoms with Gasteiger partial charge in [0.2, 0.25) is 0 Å². The number of ether oxygens (including phenoxy) is 1. The Morgan fingerprint density at radius 2 is 1.92 bits per heavy atom. The van der Waals surface area contributed by atoms with Gasteiger partial charge in [-0.2, -0.15) is 5.10 Å². The molecule has 0 radical (unpaired) electrons. The van der Waals surface area contributed by atoms with E-state index in [2.05, 4.69) is 31.1 Å². The van der Waals surface area contributed by atoms with Crippen molar-refractivity contribution in [2.75, 3.05) is 12.4 Å². The van der Waals surface area contributed by atoms with Crippen molar-refractivity contribution in [3.05, 3.63) is 76.5 Å². The van der Waals surface area contributed by atoms with Crippen molar-refractivity contribution < 1.29 is 14.3 Å². The molecular weight excluding hydrogens is 386 g/mol. The summed E-state index contributed by atoms with van der Waals surface area (Å²) < 4.78 is 7.17. The second-order valence-corrected chi connectivity index (χ2v) is 6.05. The number of rotatable bonds is 4. The Kier molecular flexibility index (Phi) is 4.95. The molecule has 0 saturated heterocycles. The zero-order chi connectivity index (χ0) is 17.8. The lowest BCUT2D eigenvalue weighted by molar-refractivity contribution is 0.0600. The molecule has 6 nitrogen and oxygen atoms in total. The van der Waals surface area contributed by atoms with E-state index in [0.717, 1.165) is 10.2 Å². The standard InChI is InChI=1S/C18H14BrN3O3/c1-25-18(24)13-5-2-4-12(10-13)17(23)21-15-11-14(19)6-7-16(15)22-9-3-8-20-22/h2-11H,1H3,(H,21,23). The molecule has 1 amide bonds. The summed E-state index contributed by atoms with van der Waals surface area (Å²) in [6, 6.07) is 13.7. The number of esters is 1. The highest BCUT2D eigenvalue weighted by Crippen LogP contribution is 2.25. The van der Waals surface area contributed by atoms with Gasteiger partial charge >= 0.3 is 5.97 Å². The molecule has 1 aromatic heterocycles. The zero-order valence-corrected chi connectivity index (χ0v) is 14.9. The zero-order valence-electron chi connectivity index (χ0n) is 13.3. The van der Waals surface area contributed by atoms with Gasteiger partial charge in [0.05, 0.1) is 24.0 Å². The number of carbonyl (C=O) groups is 2. The van der Waals surface area contributed by atoms with Crippen LogP contribution in [0.15, 0.2) is 65.4 Å². The average Bonchev–Trinajstić information content (AvgIpc) is 3.15. The number of hydrogen-bond donors (Lipinski definition) is 1. The molecule has 0 spiro atoms. The van der Waals surface area contributed by atoms with Crippen LogP contribution in [0.25, 0.3) is 5.69 Å². The van der Waals surface area contributed by atoms with E-state index < -0.39 is 5.97 Å². The van der Waals surface area contributed by atoms with Crippen molar-refractivity contribution >= 4 is 33.5 Å². The molecule has 7 heteroatoms. The van der Waals surface area contributed by atoms with E-state index in [0.29, 0.717) is 16.8 Å². The summed E-state index contributed by atoms with van der Waals surface area (Å²) >= 11 is 3.40. The van der Waals surface area contributed by atoms with Crippen LogP contribution >= 0.6 is 15.9 Å². The second kappa shape index (κ2) is 7.31. The molecule has 25 heavy (non-hydrogen) atoms. The van der Waals surface area contributed by atoms with E-state index in [1.807, 2.05) is 12.1 Å². The number of nitrogens with zero attached hydrogens (tertiary/aromatic N) is 2. The summed E-state index contributed by atoms with van der Waals surface area (Å²) in [6.45, 7) is 0. The number of halogens is 1. The van der Waals surface area contributed by atoms with Crippen LogP contribution in [0.1, 0.15) is 20.7 Å². The molecule has 0 aliphatic rings. The predicted molar refractivity (Wildman–Crippen MR) is 97.0 cm³/mol. The highest BCUT2D eigenvalue weighted by molar-refractivity contribution is 9.10. The summed E-state index contributed by atoms with van der Waals surface area (Å²) in [4.78, 5) is 24.2. The molecule has 1 N–H and O–H groups in total. The Hall–Kier alpha value is -2.93. The van der Waals surface area contributed by atoms with Gasteiger partial charge in [0.15, 0.2) is 0 Å². The lowest BCUT2D eigenvalue weighted by Gasteiger charge is -2.12. The second-order valence-electron chi connectivity index (χ2n) is 5.14. The van der Waals surface area contributed by atoms with Gasteiger partial charge in [0.1, 0.15) is 0 Å². The van der Waals surface area contributed by atoms with Crippen molar-refractivity contribution in [2.24, 2.45) is 0 Å². The Bertz CT molecular complexity index is 923. The van der Waals surface area contributed by atoms with Crippen LogP contribution in [0.2, 0.25) is 0 Å². The molecule has 0 fully saturated rings. The van der Waals surface area contributed by atoms with Gasteiger partial charge in [-0.3, -0.25) is 4.79 Å². The molecule has 2 aromatic carbocycles. The van der Waals surface area contributed by atoms with Crippen molar-refractivity contribution in [1.82, 2.24) is 9.78 Å². The maximum Gasteiger partial charge on any atom is 0.337 e. The van der Waals surface area contributed by atoms with E-state index in [1.54, 1.807) is 47.4 Å². The number of methoxy groups -OCH3 is 1. The molecule has 126 valence electrons. The third kappa shape index (κ3) is 3.77. The van der Waals surface area contributed by atoms with Crippen molar-refractivity contribution in [3.8, 4) is 5.69 Å². The first-order chi connectivity index (χ1) is 12.1. The maximum atomic E-state index is 12.6. The van der Waals surface area contributed by atoms with Crippen molar-refractivity contribution in [1.29, 1.82) is 0 Å². The minimum absolute atomic E-state index is 0.316. The molecule has 0 aliphatic carbocycles. The number of hydrogen-bond acceptors (Lipinski definition) is 4. The highest BCUT2D eigenvalue weighted by atomic mass is 79.9. The minimum atomic E-state index is -0.491. The Morgan fingerprint density at radius 1 is 1.12 bits per heavy atom. The fraction of sp³-hybridized carbons (Fsp3) is 0.0556. The average molecular weight is 400 g/mol. The van der Waals surface area contributed by atoms with Crippen LogP contribution in [-0.2, 0) is 4.74 Å². The summed E-state index contributed by atoms with van der Waals surface area (Å²) in [7, 11) is 1.30. The van der Waals surface area contributed by atoms with Crippen LogP contribution in [0.3, 0.4) is 0 Å². The summed E-state index contributed by atoms with van der Waals surface area (Å²) in [5.41, 5.74) is 1.99. The lowest BCUT2D eigenvalue weighted by Crippen LogP contribution is -2.15. The van der Waals surface area contributed by atoms with Crippen LogP contribution in [0.4, 0.5) is 5.69 Å². The largest absolute Gasteiger partial charge is 0.465 e. The van der Waals surface area contributed by atoms with Crippen molar-refractivity contribution in [3.63, 3.8) is 0 Å². The van der Waals surface area contributed by atoms with Gasteiger partial charge in [-0.05, 0) is 42.5 Å². The minimum Gasteiger partial charge on any atom is -0.465 e. The van der Waals surface area contributed by atoms with E-state index in [-0.39, 0.29) is 5.91 Å². The summed E-state index contributed by atoms with van der Waals surface area (Å²) in [6.07, 6.45) is 3.45. The molecule has 3 rings (SSSR count). The first-order valence-corrected chi connectivity index (χ1v) is 8.17. The van der Waals surface area contributed by atoms with Gasteiger partial charge in [-0.15, -0.1) is 0 Å². The Labute approximate surface area is 152 Å². The molecule has 1 heterocycles. The molecule has 0 bridgehead atoms. The van der Waals surface area contributed by atoms with Gasteiger partial charge in [0, 0.05) is 22.4 Å². The first-order valence-electron chi connectivity index (χ1n) is 7.38. The van der Waals surface area contributed by atoms with Crippen LogP contribution in [0.5, 0.6) is 0 Å². The van der Waals surface area contributed by atoms with E-state index in [4.69, 9.17) is 0 Å². The third-order valence-electron chi connectivity index (χ3n) is 3.50. The lowest BCUT2D eigenvalue weighted by atomic mass is 10.1. The monoisotopic (exact) mass is 399 g/mol. The topological polar surface area (TPSA) is 73.2 Å². The van der Waals surface area contributed by atoms with Crippen LogP contribution in [-0.4, -0.2) is 28.8 Å². The number of anilines is 1. The fourth-order valence-electron chi connectivity index (χ4n) is 2.32. The summed E-state index contributed by atoms with van der Waals surface area (Å²) in [5.74, 6) is -0.827. The van der Waals surface area contributed by atoms with E-state index >= 15 is 0 Å². The molecular formula is C18H14BrN3O3.